The van der Waals surface area contributed by atoms with Gasteiger partial charge >= 0.3 is 0 Å². The predicted octanol–water partition coefficient (Wildman–Crippen LogP) is 3.51. The first-order chi connectivity index (χ1) is 11.5. The van der Waals surface area contributed by atoms with Crippen molar-refractivity contribution in [3.63, 3.8) is 0 Å². The van der Waals surface area contributed by atoms with Gasteiger partial charge < -0.3 is 14.1 Å². The summed E-state index contributed by atoms with van der Waals surface area (Å²) in [6.07, 6.45) is 2.11. The van der Waals surface area contributed by atoms with Crippen LogP contribution in [-0.4, -0.2) is 19.6 Å². The molecule has 1 aromatic heterocycles. The minimum Gasteiger partial charge on any atom is -0.490 e. The van der Waals surface area contributed by atoms with Gasteiger partial charge in [-0.2, -0.15) is 0 Å². The Bertz CT molecular complexity index is 747. The van der Waals surface area contributed by atoms with E-state index < -0.39 is 0 Å². The van der Waals surface area contributed by atoms with Gasteiger partial charge in [-0.3, -0.25) is 9.59 Å². The molecule has 0 N–H and O–H groups in total. The molecule has 5 heteroatoms. The molecule has 0 saturated carbocycles. The van der Waals surface area contributed by atoms with E-state index in [4.69, 9.17) is 9.15 Å². The number of ether oxygens (including phenoxy) is 1. The Morgan fingerprint density at radius 1 is 1.25 bits per heavy atom. The lowest BCUT2D eigenvalue weighted by molar-refractivity contribution is 0.0954. The zero-order valence-corrected chi connectivity index (χ0v) is 14.5. The van der Waals surface area contributed by atoms with Crippen LogP contribution in [-0.2, 0) is 6.42 Å². The molecule has 0 spiro atoms. The molecule has 0 aliphatic rings. The summed E-state index contributed by atoms with van der Waals surface area (Å²) in [6.45, 7) is 6.67. The zero-order chi connectivity index (χ0) is 17.7. The number of aryl methyl sites for hydroxylation is 1. The largest absolute Gasteiger partial charge is 0.490 e. The number of hydrogen-bond acceptors (Lipinski definition) is 4. The van der Waals surface area contributed by atoms with Crippen molar-refractivity contribution in [3.05, 3.63) is 58.1 Å². The smallest absolute Gasteiger partial charge is 0.294 e. The molecular formula is C19H23NO4. The third kappa shape index (κ3) is 4.04. The van der Waals surface area contributed by atoms with Gasteiger partial charge in [-0.1, -0.05) is 32.9 Å². The van der Waals surface area contributed by atoms with Crippen molar-refractivity contribution in [2.45, 2.75) is 27.2 Å². The maximum Gasteiger partial charge on any atom is 0.294 e. The summed E-state index contributed by atoms with van der Waals surface area (Å²) in [4.78, 5) is 26.4. The van der Waals surface area contributed by atoms with Crippen molar-refractivity contribution in [2.75, 3.05) is 18.6 Å². The van der Waals surface area contributed by atoms with Gasteiger partial charge in [0, 0.05) is 18.3 Å². The van der Waals surface area contributed by atoms with Gasteiger partial charge in [0.2, 0.25) is 11.2 Å². The van der Waals surface area contributed by atoms with E-state index in [-0.39, 0.29) is 28.8 Å². The molecule has 2 rings (SSSR count). The molecule has 0 fully saturated rings. The van der Waals surface area contributed by atoms with Crippen LogP contribution < -0.4 is 15.1 Å². The maximum absolute atomic E-state index is 12.8. The van der Waals surface area contributed by atoms with Crippen molar-refractivity contribution in [1.29, 1.82) is 0 Å². The summed E-state index contributed by atoms with van der Waals surface area (Å²) in [5, 5.41) is 0. The second-order valence-corrected chi connectivity index (χ2v) is 6.01. The van der Waals surface area contributed by atoms with Gasteiger partial charge in [-0.15, -0.1) is 0 Å². The quantitative estimate of drug-likeness (QED) is 0.813. The molecular weight excluding hydrogens is 306 g/mol. The summed E-state index contributed by atoms with van der Waals surface area (Å²) in [5.74, 6) is 0.00718. The van der Waals surface area contributed by atoms with E-state index in [1.54, 1.807) is 4.90 Å². The summed E-state index contributed by atoms with van der Waals surface area (Å²) in [5.41, 5.74) is 1.61. The summed E-state index contributed by atoms with van der Waals surface area (Å²) >= 11 is 0. The number of anilines is 1. The maximum atomic E-state index is 12.8. The van der Waals surface area contributed by atoms with Crippen LogP contribution in [0.25, 0.3) is 0 Å². The Morgan fingerprint density at radius 3 is 2.42 bits per heavy atom. The van der Waals surface area contributed by atoms with Gasteiger partial charge in [-0.25, -0.2) is 0 Å². The minimum absolute atomic E-state index is 0.000943. The Kier molecular flexibility index (Phi) is 5.79. The molecule has 2 aromatic rings. The van der Waals surface area contributed by atoms with Gasteiger partial charge in [0.25, 0.3) is 5.91 Å². The molecule has 1 heterocycles. The number of amides is 1. The molecule has 128 valence electrons. The van der Waals surface area contributed by atoms with E-state index in [9.17, 15) is 9.59 Å². The van der Waals surface area contributed by atoms with Crippen molar-refractivity contribution >= 4 is 11.6 Å². The zero-order valence-electron chi connectivity index (χ0n) is 14.5. The Hall–Kier alpha value is -2.56. The molecule has 1 amide bonds. The highest BCUT2D eigenvalue weighted by Gasteiger charge is 2.22. The lowest BCUT2D eigenvalue weighted by atomic mass is 10.1. The normalized spacial score (nSPS) is 10.7. The molecule has 0 bridgehead atoms. The lowest BCUT2D eigenvalue weighted by Gasteiger charge is -2.24. The van der Waals surface area contributed by atoms with Crippen LogP contribution in [0.1, 0.15) is 36.9 Å². The number of carbonyl (C=O) groups excluding carboxylic acids is 1. The number of carbonyl (C=O) groups is 1. The van der Waals surface area contributed by atoms with Gasteiger partial charge in [0.15, 0.2) is 5.76 Å². The van der Waals surface area contributed by atoms with Crippen LogP contribution in [0.4, 0.5) is 5.69 Å². The number of rotatable bonds is 6. The number of benzene rings is 1. The first-order valence-electron chi connectivity index (χ1n) is 8.03. The second-order valence-electron chi connectivity index (χ2n) is 6.01. The highest BCUT2D eigenvalue weighted by molar-refractivity contribution is 6.04. The Morgan fingerprint density at radius 2 is 1.92 bits per heavy atom. The monoisotopic (exact) mass is 329 g/mol. The average Bonchev–Trinajstić information content (AvgIpc) is 2.59. The molecule has 0 unspecified atom stereocenters. The van der Waals surface area contributed by atoms with E-state index in [1.807, 2.05) is 38.1 Å². The first-order valence-corrected chi connectivity index (χ1v) is 8.03. The van der Waals surface area contributed by atoms with Crippen LogP contribution in [0.3, 0.4) is 0 Å². The van der Waals surface area contributed by atoms with E-state index in [0.717, 1.165) is 12.1 Å². The van der Waals surface area contributed by atoms with Crippen LogP contribution in [0.2, 0.25) is 0 Å². The third-order valence-corrected chi connectivity index (χ3v) is 3.68. The highest BCUT2D eigenvalue weighted by Crippen LogP contribution is 2.20. The van der Waals surface area contributed by atoms with Gasteiger partial charge in [-0.05, 0) is 30.0 Å². The van der Waals surface area contributed by atoms with Crippen LogP contribution in [0.5, 0.6) is 5.75 Å². The average molecular weight is 329 g/mol. The standard InChI is InChI=1S/C19H23NO4/c1-5-14-6-8-15(9-7-14)20(11-13(2)3)19(22)17-10-16(21)18(23-4)12-24-17/h6-10,12-13H,5,11H2,1-4H3. The van der Waals surface area contributed by atoms with Gasteiger partial charge in [0.1, 0.15) is 6.26 Å². The summed E-state index contributed by atoms with van der Waals surface area (Å²) < 4.78 is 10.2. The highest BCUT2D eigenvalue weighted by atomic mass is 16.5. The molecule has 24 heavy (non-hydrogen) atoms. The summed E-state index contributed by atoms with van der Waals surface area (Å²) in [6, 6.07) is 9.01. The fourth-order valence-electron chi connectivity index (χ4n) is 2.38. The number of nitrogens with zero attached hydrogens (tertiary/aromatic N) is 1. The van der Waals surface area contributed by atoms with Gasteiger partial charge in [0.05, 0.1) is 7.11 Å². The topological polar surface area (TPSA) is 59.8 Å². The Labute approximate surface area is 141 Å². The number of methoxy groups -OCH3 is 1. The van der Waals surface area contributed by atoms with Crippen molar-refractivity contribution < 1.29 is 13.9 Å². The van der Waals surface area contributed by atoms with Crippen molar-refractivity contribution in [1.82, 2.24) is 0 Å². The number of hydrogen-bond donors (Lipinski definition) is 0. The van der Waals surface area contributed by atoms with E-state index in [0.29, 0.717) is 6.54 Å². The SMILES string of the molecule is CCc1ccc(N(CC(C)C)C(=O)c2cc(=O)c(OC)co2)cc1. The second kappa shape index (κ2) is 7.81. The van der Waals surface area contributed by atoms with E-state index in [2.05, 4.69) is 6.92 Å². The Balaban J connectivity index is 2.37. The molecule has 0 radical (unpaired) electrons. The first kappa shape index (κ1) is 17.8. The van der Waals surface area contributed by atoms with Crippen LogP contribution >= 0.6 is 0 Å². The lowest BCUT2D eigenvalue weighted by Crippen LogP contribution is -2.34. The molecule has 1 aromatic carbocycles. The molecule has 0 atom stereocenters. The predicted molar refractivity (Wildman–Crippen MR) is 93.9 cm³/mol. The van der Waals surface area contributed by atoms with Crippen molar-refractivity contribution in [2.24, 2.45) is 5.92 Å². The molecule has 0 aliphatic carbocycles. The third-order valence-electron chi connectivity index (χ3n) is 3.68. The molecule has 0 aliphatic heterocycles. The van der Waals surface area contributed by atoms with Crippen molar-refractivity contribution in [3.8, 4) is 5.75 Å². The van der Waals surface area contributed by atoms with Crippen LogP contribution in [0, 0.1) is 5.92 Å². The fourth-order valence-corrected chi connectivity index (χ4v) is 2.38. The minimum atomic E-state index is -0.377. The van der Waals surface area contributed by atoms with Crippen LogP contribution in [0.15, 0.2) is 45.8 Å². The van der Waals surface area contributed by atoms with E-state index >= 15 is 0 Å². The molecule has 0 saturated heterocycles. The van der Waals surface area contributed by atoms with E-state index in [1.165, 1.54) is 25.0 Å². The summed E-state index contributed by atoms with van der Waals surface area (Å²) in [7, 11) is 1.38. The fraction of sp³-hybridized carbons (Fsp3) is 0.368. The molecule has 5 nitrogen and oxygen atoms in total.